The van der Waals surface area contributed by atoms with Gasteiger partial charge in [-0.25, -0.2) is 9.50 Å². The average molecular weight is 229 g/mol. The number of nitrogens with zero attached hydrogens (tertiary/aromatic N) is 3. The van der Waals surface area contributed by atoms with Gasteiger partial charge >= 0.3 is 0 Å². The molecule has 1 aromatic carbocycles. The van der Waals surface area contributed by atoms with Crippen LogP contribution in [0.5, 0.6) is 0 Å². The maximum Gasteiger partial charge on any atom is 0.212 e. The van der Waals surface area contributed by atoms with Gasteiger partial charge in [0.2, 0.25) is 4.96 Å². The van der Waals surface area contributed by atoms with Crippen molar-refractivity contribution in [2.45, 2.75) is 13.8 Å². The minimum atomic E-state index is 0.828. The number of hydrogen-bond acceptors (Lipinski definition) is 3. The summed E-state index contributed by atoms with van der Waals surface area (Å²) in [5.41, 5.74) is 2.39. The molecule has 3 rings (SSSR count). The zero-order valence-electron chi connectivity index (χ0n) is 9.14. The Kier molecular flexibility index (Phi) is 2.04. The van der Waals surface area contributed by atoms with Crippen LogP contribution in [0, 0.1) is 13.8 Å². The Hall–Kier alpha value is -1.68. The minimum Gasteiger partial charge on any atom is -0.207 e. The van der Waals surface area contributed by atoms with Gasteiger partial charge < -0.3 is 0 Å². The zero-order chi connectivity index (χ0) is 11.1. The molecule has 0 atom stereocenters. The quantitative estimate of drug-likeness (QED) is 0.642. The van der Waals surface area contributed by atoms with Crippen LogP contribution < -0.4 is 0 Å². The summed E-state index contributed by atoms with van der Waals surface area (Å²) in [6.45, 7) is 4.00. The van der Waals surface area contributed by atoms with E-state index in [1.807, 2.05) is 17.5 Å². The number of fused-ring (bicyclic) bond motifs is 1. The lowest BCUT2D eigenvalue weighted by Crippen LogP contribution is -1.88. The summed E-state index contributed by atoms with van der Waals surface area (Å²) >= 11 is 1.69. The summed E-state index contributed by atoms with van der Waals surface area (Å²) in [4.78, 5) is 6.60. The number of hydrogen-bond donors (Lipinski definition) is 0. The Bertz CT molecular complexity index is 637. The number of rotatable bonds is 1. The van der Waals surface area contributed by atoms with E-state index in [9.17, 15) is 0 Å². The fourth-order valence-electron chi connectivity index (χ4n) is 1.80. The van der Waals surface area contributed by atoms with E-state index in [2.05, 4.69) is 41.3 Å². The highest BCUT2D eigenvalue weighted by Gasteiger charge is 2.12. The highest BCUT2D eigenvalue weighted by atomic mass is 32.1. The van der Waals surface area contributed by atoms with Gasteiger partial charge in [-0.1, -0.05) is 41.7 Å². The molecule has 0 aliphatic heterocycles. The van der Waals surface area contributed by atoms with Gasteiger partial charge in [0.1, 0.15) is 5.82 Å². The van der Waals surface area contributed by atoms with Crippen molar-refractivity contribution in [3.05, 3.63) is 41.9 Å². The number of thiazole rings is 1. The van der Waals surface area contributed by atoms with Crippen LogP contribution in [0.2, 0.25) is 0 Å². The molecule has 0 saturated carbocycles. The topological polar surface area (TPSA) is 30.2 Å². The molecule has 2 heterocycles. The fraction of sp³-hybridized carbons (Fsp3) is 0.167. The average Bonchev–Trinajstić information content (AvgIpc) is 2.79. The molecule has 0 bridgehead atoms. The van der Waals surface area contributed by atoms with Crippen molar-refractivity contribution >= 4 is 16.3 Å². The number of aromatic nitrogens is 3. The summed E-state index contributed by atoms with van der Waals surface area (Å²) in [6, 6.07) is 10.4. The lowest BCUT2D eigenvalue weighted by Gasteiger charge is -1.97. The van der Waals surface area contributed by atoms with Crippen molar-refractivity contribution in [3.63, 3.8) is 0 Å². The lowest BCUT2D eigenvalue weighted by molar-refractivity contribution is 0.906. The van der Waals surface area contributed by atoms with E-state index in [0.29, 0.717) is 0 Å². The van der Waals surface area contributed by atoms with Crippen molar-refractivity contribution in [1.82, 2.24) is 14.6 Å². The van der Waals surface area contributed by atoms with Crippen LogP contribution in [0.4, 0.5) is 0 Å². The van der Waals surface area contributed by atoms with E-state index >= 15 is 0 Å². The monoisotopic (exact) mass is 229 g/mol. The van der Waals surface area contributed by atoms with Crippen LogP contribution in [0.15, 0.2) is 30.3 Å². The predicted octanol–water partition coefficient (Wildman–Crippen LogP) is 3.07. The van der Waals surface area contributed by atoms with Gasteiger partial charge in [-0.2, -0.15) is 5.10 Å². The number of benzene rings is 1. The first-order valence-corrected chi connectivity index (χ1v) is 5.95. The highest BCUT2D eigenvalue weighted by molar-refractivity contribution is 7.20. The second-order valence-electron chi connectivity index (χ2n) is 3.74. The van der Waals surface area contributed by atoms with E-state index in [4.69, 9.17) is 0 Å². The lowest BCUT2D eigenvalue weighted by atomic mass is 10.2. The van der Waals surface area contributed by atoms with Crippen molar-refractivity contribution in [1.29, 1.82) is 0 Å². The van der Waals surface area contributed by atoms with Crippen LogP contribution in [0.25, 0.3) is 15.4 Å². The summed E-state index contributed by atoms with van der Waals surface area (Å²) in [7, 11) is 0. The van der Waals surface area contributed by atoms with Crippen molar-refractivity contribution in [2.75, 3.05) is 0 Å². The van der Waals surface area contributed by atoms with E-state index in [1.54, 1.807) is 11.3 Å². The maximum absolute atomic E-state index is 4.39. The minimum absolute atomic E-state index is 0.828. The molecule has 4 heteroatoms. The molecule has 3 nitrogen and oxygen atoms in total. The molecule has 0 aliphatic carbocycles. The molecule has 0 N–H and O–H groups in total. The largest absolute Gasteiger partial charge is 0.212 e. The Morgan fingerprint density at radius 3 is 2.56 bits per heavy atom. The van der Waals surface area contributed by atoms with Gasteiger partial charge in [0, 0.05) is 0 Å². The van der Waals surface area contributed by atoms with Gasteiger partial charge in [-0.15, -0.1) is 0 Å². The number of aryl methyl sites for hydroxylation is 2. The third-order valence-corrected chi connectivity index (χ3v) is 3.74. The van der Waals surface area contributed by atoms with E-state index < -0.39 is 0 Å². The molecule has 16 heavy (non-hydrogen) atoms. The van der Waals surface area contributed by atoms with Crippen LogP contribution in [0.1, 0.15) is 11.5 Å². The van der Waals surface area contributed by atoms with Crippen molar-refractivity contribution in [3.8, 4) is 10.4 Å². The molecule has 0 fully saturated rings. The van der Waals surface area contributed by atoms with Gasteiger partial charge in [0.25, 0.3) is 0 Å². The molecule has 0 unspecified atom stereocenters. The molecule has 3 aromatic rings. The Labute approximate surface area is 97.4 Å². The van der Waals surface area contributed by atoms with Gasteiger partial charge in [-0.05, 0) is 19.4 Å². The standard InChI is InChI=1S/C12H11N3S/c1-8-11(10-6-4-3-5-7-10)16-12-13-9(2)14-15(8)12/h3-7H,1-2H3. The third kappa shape index (κ3) is 1.34. The molecule has 0 aliphatic rings. The predicted molar refractivity (Wildman–Crippen MR) is 65.8 cm³/mol. The smallest absolute Gasteiger partial charge is 0.207 e. The van der Waals surface area contributed by atoms with Gasteiger partial charge in [-0.3, -0.25) is 0 Å². The molecular weight excluding hydrogens is 218 g/mol. The molecule has 0 saturated heterocycles. The SMILES string of the molecule is Cc1nc2sc(-c3ccccc3)c(C)n2n1. The molecular formula is C12H11N3S. The maximum atomic E-state index is 4.39. The normalized spacial score (nSPS) is 11.1. The first-order valence-electron chi connectivity index (χ1n) is 5.14. The van der Waals surface area contributed by atoms with Gasteiger partial charge in [0.05, 0.1) is 10.6 Å². The summed E-state index contributed by atoms with van der Waals surface area (Å²) < 4.78 is 1.92. The third-order valence-electron chi connectivity index (χ3n) is 2.56. The zero-order valence-corrected chi connectivity index (χ0v) is 9.95. The molecule has 80 valence electrons. The fourth-order valence-corrected chi connectivity index (χ4v) is 2.91. The second kappa shape index (κ2) is 3.42. The summed E-state index contributed by atoms with van der Waals surface area (Å²) in [6.07, 6.45) is 0. The summed E-state index contributed by atoms with van der Waals surface area (Å²) in [5, 5.41) is 4.37. The second-order valence-corrected chi connectivity index (χ2v) is 4.71. The Morgan fingerprint density at radius 1 is 1.12 bits per heavy atom. The van der Waals surface area contributed by atoms with E-state index in [-0.39, 0.29) is 0 Å². The van der Waals surface area contributed by atoms with E-state index in [1.165, 1.54) is 10.4 Å². The first-order chi connectivity index (χ1) is 7.75. The van der Waals surface area contributed by atoms with Crippen LogP contribution >= 0.6 is 11.3 Å². The highest BCUT2D eigenvalue weighted by Crippen LogP contribution is 2.31. The van der Waals surface area contributed by atoms with Crippen LogP contribution in [-0.2, 0) is 0 Å². The first kappa shape index (κ1) is 9.54. The van der Waals surface area contributed by atoms with E-state index in [0.717, 1.165) is 16.5 Å². The molecule has 2 aromatic heterocycles. The molecule has 0 amide bonds. The van der Waals surface area contributed by atoms with Crippen molar-refractivity contribution in [2.24, 2.45) is 0 Å². The van der Waals surface area contributed by atoms with Crippen LogP contribution in [-0.4, -0.2) is 14.6 Å². The Balaban J connectivity index is 2.25. The molecule has 0 radical (unpaired) electrons. The van der Waals surface area contributed by atoms with Crippen molar-refractivity contribution < 1.29 is 0 Å². The Morgan fingerprint density at radius 2 is 1.88 bits per heavy atom. The van der Waals surface area contributed by atoms with Gasteiger partial charge in [0.15, 0.2) is 0 Å². The molecule has 0 spiro atoms. The van der Waals surface area contributed by atoms with Crippen LogP contribution in [0.3, 0.4) is 0 Å². The summed E-state index contributed by atoms with van der Waals surface area (Å²) in [5.74, 6) is 0.828.